The van der Waals surface area contributed by atoms with Crippen molar-refractivity contribution in [3.8, 4) is 0 Å². The Bertz CT molecular complexity index is 1790. The molecule has 0 aliphatic heterocycles. The van der Waals surface area contributed by atoms with Gasteiger partial charge in [0.15, 0.2) is 6.10 Å². The van der Waals surface area contributed by atoms with Crippen molar-refractivity contribution in [1.29, 1.82) is 0 Å². The maximum Gasteiger partial charge on any atom is 0.472 e. The fraction of sp³-hybridized carbons (Fsp3) is 0.766. The maximum atomic E-state index is 12.9. The van der Waals surface area contributed by atoms with Crippen LogP contribution in [0.1, 0.15) is 328 Å². The van der Waals surface area contributed by atoms with Crippen molar-refractivity contribution >= 4 is 19.8 Å². The van der Waals surface area contributed by atoms with Crippen LogP contribution in [0.15, 0.2) is 97.2 Å². The Kier molecular flexibility index (Phi) is 65.0. The van der Waals surface area contributed by atoms with E-state index in [-0.39, 0.29) is 32.0 Å². The quantitative estimate of drug-likeness (QED) is 0.0211. The van der Waals surface area contributed by atoms with Crippen LogP contribution in [-0.2, 0) is 32.7 Å². The molecule has 0 fully saturated rings. The summed E-state index contributed by atoms with van der Waals surface area (Å²) in [6.45, 7) is 4.35. The SMILES string of the molecule is CC/C=C\C/C=C\C/C=C\C/C=C\C/C=C\C/C=C\C/C=C\C/C=C\CCCCCCCCCCC(=O)OC(COC(=O)CCCCCCCCCCCCCCCCCCCCCCCCCCCCCCCC)COP(=O)(O)OCC[N+](C)(C)C. The number of carbonyl (C=O) groups excluding carboxylic acids is 2. The number of carbonyl (C=O) groups is 2. The van der Waals surface area contributed by atoms with Gasteiger partial charge in [0, 0.05) is 12.8 Å². The number of esters is 2. The first-order valence-corrected chi connectivity index (χ1v) is 38.0. The zero-order chi connectivity index (χ0) is 63.4. The zero-order valence-corrected chi connectivity index (χ0v) is 58.4. The Labute approximate surface area is 538 Å². The molecular formula is C77H139NO8P+. The number of allylic oxidation sites excluding steroid dienone is 16. The fourth-order valence-corrected chi connectivity index (χ4v) is 11.1. The lowest BCUT2D eigenvalue weighted by Gasteiger charge is -2.24. The molecule has 10 heteroatoms. The third-order valence-electron chi connectivity index (χ3n) is 15.9. The van der Waals surface area contributed by atoms with E-state index in [9.17, 15) is 19.0 Å². The molecule has 0 aromatic carbocycles. The number of hydrogen-bond donors (Lipinski definition) is 1. The number of phosphoric ester groups is 1. The van der Waals surface area contributed by atoms with Crippen molar-refractivity contribution in [2.75, 3.05) is 47.5 Å². The average Bonchev–Trinajstić information content (AvgIpc) is 3.50. The molecule has 0 aliphatic rings. The molecule has 2 unspecified atom stereocenters. The summed E-state index contributed by atoms with van der Waals surface area (Å²) in [7, 11) is 1.47. The van der Waals surface area contributed by atoms with Crippen molar-refractivity contribution in [3.05, 3.63) is 97.2 Å². The van der Waals surface area contributed by atoms with Gasteiger partial charge in [-0.3, -0.25) is 18.6 Å². The monoisotopic (exact) mass is 1240 g/mol. The highest BCUT2D eigenvalue weighted by Gasteiger charge is 2.27. The highest BCUT2D eigenvalue weighted by atomic mass is 31.2. The first-order valence-electron chi connectivity index (χ1n) is 36.5. The van der Waals surface area contributed by atoms with E-state index in [2.05, 4.69) is 111 Å². The van der Waals surface area contributed by atoms with Crippen LogP contribution in [0.3, 0.4) is 0 Å². The van der Waals surface area contributed by atoms with Gasteiger partial charge in [-0.1, -0.05) is 336 Å². The van der Waals surface area contributed by atoms with E-state index in [4.69, 9.17) is 18.5 Å². The van der Waals surface area contributed by atoms with E-state index >= 15 is 0 Å². The summed E-state index contributed by atoms with van der Waals surface area (Å²) in [6.07, 6.45) is 93.8. The lowest BCUT2D eigenvalue weighted by Crippen LogP contribution is -2.37. The predicted octanol–water partition coefficient (Wildman–Crippen LogP) is 23.9. The standard InChI is InChI=1S/C77H138NO8P/c1-6-8-10-12-14-16-18-20-22-24-26-28-30-32-34-36-38-39-40-42-44-46-48-50-52-54-56-58-60-62-64-66-68-70-77(80)86-75(74-85-87(81,82)84-72-71-78(3,4)5)73-83-76(79)69-67-65-63-61-59-57-55-53-51-49-47-45-43-41-37-35-33-31-29-27-25-23-21-19-17-15-13-11-9-7-2/h8,10,14,16,20,22,26,28,32,34,38-39,42,44,48,50,75H,6-7,9,11-13,15,17-19,21,23-25,27,29-31,33,35-37,40-41,43,45-47,49,51-74H2,1-5H3/p+1/b10-8-,16-14-,22-20-,28-26-,34-32-,39-38-,44-42-,50-48-. The number of quaternary nitrogens is 1. The van der Waals surface area contributed by atoms with Crippen molar-refractivity contribution in [3.63, 3.8) is 0 Å². The van der Waals surface area contributed by atoms with Crippen LogP contribution in [-0.4, -0.2) is 74.9 Å². The molecule has 0 bridgehead atoms. The summed E-state index contributed by atoms with van der Waals surface area (Å²) in [5.74, 6) is -0.798. The number of hydrogen-bond acceptors (Lipinski definition) is 7. The molecule has 0 amide bonds. The number of likely N-dealkylation sites (N-methyl/N-ethyl adjacent to an activating group) is 1. The van der Waals surface area contributed by atoms with Gasteiger partial charge < -0.3 is 18.9 Å². The summed E-state index contributed by atoms with van der Waals surface area (Å²) in [5.41, 5.74) is 0. The molecular weight excluding hydrogens is 1100 g/mol. The Hall–Kier alpha value is -3.07. The molecule has 0 radical (unpaired) electrons. The van der Waals surface area contributed by atoms with Gasteiger partial charge in [-0.25, -0.2) is 4.57 Å². The van der Waals surface area contributed by atoms with Gasteiger partial charge in [-0.15, -0.1) is 0 Å². The van der Waals surface area contributed by atoms with Crippen molar-refractivity contribution in [2.24, 2.45) is 0 Å². The minimum atomic E-state index is -4.40. The number of phosphoric acid groups is 1. The van der Waals surface area contributed by atoms with E-state index in [1.165, 1.54) is 199 Å². The van der Waals surface area contributed by atoms with Crippen LogP contribution in [0.25, 0.3) is 0 Å². The maximum absolute atomic E-state index is 12.9. The lowest BCUT2D eigenvalue weighted by molar-refractivity contribution is -0.870. The summed E-state index contributed by atoms with van der Waals surface area (Å²) in [4.78, 5) is 35.9. The molecule has 0 aromatic heterocycles. The number of nitrogens with zero attached hydrogens (tertiary/aromatic N) is 1. The van der Waals surface area contributed by atoms with Gasteiger partial charge in [0.1, 0.15) is 19.8 Å². The molecule has 504 valence electrons. The summed E-state index contributed by atoms with van der Waals surface area (Å²) in [6, 6.07) is 0. The molecule has 2 atom stereocenters. The first-order chi connectivity index (χ1) is 42.5. The molecule has 0 spiro atoms. The Morgan fingerprint density at radius 1 is 0.368 bits per heavy atom. The van der Waals surface area contributed by atoms with Gasteiger partial charge in [0.25, 0.3) is 0 Å². The molecule has 87 heavy (non-hydrogen) atoms. The van der Waals surface area contributed by atoms with Gasteiger partial charge in [0.2, 0.25) is 0 Å². The fourth-order valence-electron chi connectivity index (χ4n) is 10.3. The van der Waals surface area contributed by atoms with Crippen LogP contribution in [0.5, 0.6) is 0 Å². The molecule has 0 aliphatic carbocycles. The van der Waals surface area contributed by atoms with Crippen molar-refractivity contribution < 1.29 is 42.1 Å². The van der Waals surface area contributed by atoms with E-state index < -0.39 is 26.5 Å². The minimum absolute atomic E-state index is 0.0273. The van der Waals surface area contributed by atoms with Crippen LogP contribution < -0.4 is 0 Å². The topological polar surface area (TPSA) is 108 Å². The Balaban J connectivity index is 4.06. The molecule has 0 saturated heterocycles. The second kappa shape index (κ2) is 67.3. The zero-order valence-electron chi connectivity index (χ0n) is 57.5. The molecule has 9 nitrogen and oxygen atoms in total. The molecule has 0 heterocycles. The Morgan fingerprint density at radius 2 is 0.655 bits per heavy atom. The predicted molar refractivity (Wildman–Crippen MR) is 376 cm³/mol. The van der Waals surface area contributed by atoms with E-state index in [0.29, 0.717) is 17.4 Å². The number of rotatable bonds is 67. The van der Waals surface area contributed by atoms with Gasteiger partial charge in [-0.05, 0) is 77.0 Å². The third-order valence-corrected chi connectivity index (χ3v) is 16.9. The normalized spacial score (nSPS) is 13.7. The largest absolute Gasteiger partial charge is 0.472 e. The van der Waals surface area contributed by atoms with Gasteiger partial charge in [0.05, 0.1) is 27.7 Å². The third kappa shape index (κ3) is 71.9. The van der Waals surface area contributed by atoms with Crippen LogP contribution in [0, 0.1) is 0 Å². The highest BCUT2D eigenvalue weighted by molar-refractivity contribution is 7.47. The molecule has 0 saturated carbocycles. The summed E-state index contributed by atoms with van der Waals surface area (Å²) in [5, 5.41) is 0. The summed E-state index contributed by atoms with van der Waals surface area (Å²) >= 11 is 0. The highest BCUT2D eigenvalue weighted by Crippen LogP contribution is 2.43. The van der Waals surface area contributed by atoms with E-state index in [1.807, 2.05) is 21.1 Å². The van der Waals surface area contributed by atoms with E-state index in [0.717, 1.165) is 96.3 Å². The van der Waals surface area contributed by atoms with Crippen LogP contribution >= 0.6 is 7.82 Å². The summed E-state index contributed by atoms with van der Waals surface area (Å²) < 4.78 is 34.7. The van der Waals surface area contributed by atoms with Crippen LogP contribution in [0.2, 0.25) is 0 Å². The molecule has 0 aromatic rings. The molecule has 1 N–H and O–H groups in total. The Morgan fingerprint density at radius 3 is 0.977 bits per heavy atom. The smallest absolute Gasteiger partial charge is 0.462 e. The minimum Gasteiger partial charge on any atom is -0.462 e. The first kappa shape index (κ1) is 83.9. The van der Waals surface area contributed by atoms with Crippen molar-refractivity contribution in [1.82, 2.24) is 0 Å². The van der Waals surface area contributed by atoms with Crippen LogP contribution in [0.4, 0.5) is 0 Å². The van der Waals surface area contributed by atoms with Crippen molar-refractivity contribution in [2.45, 2.75) is 335 Å². The molecule has 0 rings (SSSR count). The lowest BCUT2D eigenvalue weighted by atomic mass is 10.0. The number of unbranched alkanes of at least 4 members (excludes halogenated alkanes) is 37. The average molecular weight is 1240 g/mol. The van der Waals surface area contributed by atoms with Gasteiger partial charge in [-0.2, -0.15) is 0 Å². The van der Waals surface area contributed by atoms with Gasteiger partial charge >= 0.3 is 19.8 Å². The van der Waals surface area contributed by atoms with E-state index in [1.54, 1.807) is 0 Å². The number of ether oxygens (including phenoxy) is 2. The second-order valence-corrected chi connectivity index (χ2v) is 27.1. The second-order valence-electron chi connectivity index (χ2n) is 25.6.